The number of rotatable bonds is 2. The number of pyridine rings is 1. The molecule has 0 saturated heterocycles. The summed E-state index contributed by atoms with van der Waals surface area (Å²) in [6.07, 6.45) is -2.83. The number of aromatic nitrogens is 1. The molecular weight excluding hydrogens is 216 g/mol. The molecule has 0 bridgehead atoms. The molecular formula is C8H6ClF2NO2. The van der Waals surface area contributed by atoms with E-state index in [1.807, 2.05) is 0 Å². The lowest BCUT2D eigenvalue weighted by atomic mass is 10.1. The average Bonchev–Trinajstić information content (AvgIpc) is 2.08. The quantitative estimate of drug-likeness (QED) is 0.781. The van der Waals surface area contributed by atoms with Crippen LogP contribution < -0.4 is 0 Å². The summed E-state index contributed by atoms with van der Waals surface area (Å²) in [6, 6.07) is 0.828. The van der Waals surface area contributed by atoms with Crippen molar-refractivity contribution >= 4 is 17.6 Å². The summed E-state index contributed by atoms with van der Waals surface area (Å²) >= 11 is 5.50. The highest BCUT2D eigenvalue weighted by atomic mass is 35.5. The van der Waals surface area contributed by atoms with E-state index >= 15 is 0 Å². The highest BCUT2D eigenvalue weighted by Crippen LogP contribution is 2.24. The molecule has 0 amide bonds. The lowest BCUT2D eigenvalue weighted by molar-refractivity contribution is 0.0695. The van der Waals surface area contributed by atoms with E-state index in [9.17, 15) is 13.6 Å². The smallest absolute Gasteiger partial charge is 0.336 e. The molecule has 0 aliphatic carbocycles. The molecule has 14 heavy (non-hydrogen) atoms. The first-order valence-corrected chi connectivity index (χ1v) is 3.99. The Balaban J connectivity index is 3.35. The van der Waals surface area contributed by atoms with E-state index in [1.54, 1.807) is 0 Å². The van der Waals surface area contributed by atoms with Crippen LogP contribution in [0.2, 0.25) is 5.15 Å². The van der Waals surface area contributed by atoms with Gasteiger partial charge >= 0.3 is 5.97 Å². The molecule has 0 radical (unpaired) electrons. The number of nitrogens with zero attached hydrogens (tertiary/aromatic N) is 1. The minimum atomic E-state index is -2.83. The molecule has 0 fully saturated rings. The molecule has 1 aromatic rings. The molecule has 1 heterocycles. The minimum absolute atomic E-state index is 0.184. The number of carboxylic acids is 1. The summed E-state index contributed by atoms with van der Waals surface area (Å²) in [7, 11) is 0. The molecule has 0 aromatic carbocycles. The average molecular weight is 222 g/mol. The number of alkyl halides is 2. The van der Waals surface area contributed by atoms with E-state index in [-0.39, 0.29) is 16.3 Å². The summed E-state index contributed by atoms with van der Waals surface area (Å²) < 4.78 is 24.4. The van der Waals surface area contributed by atoms with Crippen molar-refractivity contribution in [1.29, 1.82) is 0 Å². The number of carboxylic acid groups (broad SMARTS) is 1. The van der Waals surface area contributed by atoms with Gasteiger partial charge in [-0.1, -0.05) is 11.6 Å². The SMILES string of the molecule is Cc1c(C(=O)O)cc(C(F)F)nc1Cl. The standard InChI is InChI=1S/C8H6ClF2NO2/c1-3-4(8(13)14)2-5(7(10)11)12-6(3)9/h2,7H,1H3,(H,13,14). The van der Waals surface area contributed by atoms with Crippen LogP contribution in [0.5, 0.6) is 0 Å². The Kier molecular flexibility index (Phi) is 3.00. The minimum Gasteiger partial charge on any atom is -0.478 e. The van der Waals surface area contributed by atoms with Crippen LogP contribution in [0, 0.1) is 6.92 Å². The molecule has 1 aromatic heterocycles. The first-order chi connectivity index (χ1) is 6.43. The Bertz CT molecular complexity index is 382. The third-order valence-electron chi connectivity index (χ3n) is 1.69. The molecule has 0 aliphatic rings. The van der Waals surface area contributed by atoms with Gasteiger partial charge in [0, 0.05) is 5.56 Å². The predicted molar refractivity (Wildman–Crippen MR) is 45.9 cm³/mol. The van der Waals surface area contributed by atoms with Crippen LogP contribution in [-0.4, -0.2) is 16.1 Å². The van der Waals surface area contributed by atoms with Crippen molar-refractivity contribution in [2.75, 3.05) is 0 Å². The molecule has 76 valence electrons. The first kappa shape index (κ1) is 10.8. The van der Waals surface area contributed by atoms with Crippen molar-refractivity contribution in [2.45, 2.75) is 13.3 Å². The Morgan fingerprint density at radius 3 is 2.64 bits per heavy atom. The van der Waals surface area contributed by atoms with Crippen molar-refractivity contribution in [3.8, 4) is 0 Å². The fourth-order valence-corrected chi connectivity index (χ4v) is 1.13. The maximum absolute atomic E-state index is 12.2. The zero-order valence-electron chi connectivity index (χ0n) is 7.09. The second-order valence-electron chi connectivity index (χ2n) is 2.62. The van der Waals surface area contributed by atoms with Crippen LogP contribution in [0.25, 0.3) is 0 Å². The molecule has 1 N–H and O–H groups in total. The summed E-state index contributed by atoms with van der Waals surface area (Å²) in [5, 5.41) is 8.46. The number of aromatic carboxylic acids is 1. The van der Waals surface area contributed by atoms with Crippen molar-refractivity contribution in [3.05, 3.63) is 28.0 Å². The summed E-state index contributed by atoms with van der Waals surface area (Å²) in [5.74, 6) is -1.30. The summed E-state index contributed by atoms with van der Waals surface area (Å²) in [4.78, 5) is 14.0. The van der Waals surface area contributed by atoms with E-state index in [1.165, 1.54) is 6.92 Å². The normalized spacial score (nSPS) is 10.6. The molecule has 0 saturated carbocycles. The highest BCUT2D eigenvalue weighted by Gasteiger charge is 2.17. The van der Waals surface area contributed by atoms with Crippen LogP contribution in [0.1, 0.15) is 28.0 Å². The zero-order valence-corrected chi connectivity index (χ0v) is 7.85. The first-order valence-electron chi connectivity index (χ1n) is 3.62. The molecule has 0 spiro atoms. The highest BCUT2D eigenvalue weighted by molar-refractivity contribution is 6.30. The van der Waals surface area contributed by atoms with E-state index < -0.39 is 18.1 Å². The topological polar surface area (TPSA) is 50.2 Å². The van der Waals surface area contributed by atoms with Gasteiger partial charge in [0.1, 0.15) is 10.8 Å². The van der Waals surface area contributed by atoms with Crippen LogP contribution in [0.4, 0.5) is 8.78 Å². The van der Waals surface area contributed by atoms with Gasteiger partial charge in [0.25, 0.3) is 6.43 Å². The van der Waals surface area contributed by atoms with Gasteiger partial charge in [-0.3, -0.25) is 0 Å². The molecule has 6 heteroatoms. The maximum Gasteiger partial charge on any atom is 0.336 e. The van der Waals surface area contributed by atoms with Crippen molar-refractivity contribution in [1.82, 2.24) is 4.98 Å². The zero-order chi connectivity index (χ0) is 10.9. The van der Waals surface area contributed by atoms with Gasteiger partial charge in [0.2, 0.25) is 0 Å². The Hall–Kier alpha value is -1.23. The fraction of sp³-hybridized carbons (Fsp3) is 0.250. The molecule has 3 nitrogen and oxygen atoms in total. The number of hydrogen-bond donors (Lipinski definition) is 1. The second-order valence-corrected chi connectivity index (χ2v) is 2.97. The van der Waals surface area contributed by atoms with Gasteiger partial charge in [-0.15, -0.1) is 0 Å². The van der Waals surface area contributed by atoms with Gasteiger partial charge in [-0.25, -0.2) is 18.6 Å². The lowest BCUT2D eigenvalue weighted by Crippen LogP contribution is -2.04. The van der Waals surface area contributed by atoms with E-state index in [0.717, 1.165) is 6.07 Å². The van der Waals surface area contributed by atoms with Gasteiger partial charge in [0.15, 0.2) is 0 Å². The molecule has 0 unspecified atom stereocenters. The molecule has 0 atom stereocenters. The maximum atomic E-state index is 12.2. The second kappa shape index (κ2) is 3.88. The number of halogens is 3. The predicted octanol–water partition coefficient (Wildman–Crippen LogP) is 2.68. The Labute approximate surface area is 83.3 Å². The van der Waals surface area contributed by atoms with Gasteiger partial charge in [-0.2, -0.15) is 0 Å². The van der Waals surface area contributed by atoms with Crippen LogP contribution in [-0.2, 0) is 0 Å². The Morgan fingerprint density at radius 2 is 2.21 bits per heavy atom. The van der Waals surface area contributed by atoms with Crippen LogP contribution >= 0.6 is 11.6 Å². The Morgan fingerprint density at radius 1 is 1.64 bits per heavy atom. The third kappa shape index (κ3) is 1.98. The van der Waals surface area contributed by atoms with Gasteiger partial charge in [-0.05, 0) is 13.0 Å². The number of carbonyl (C=O) groups is 1. The monoisotopic (exact) mass is 221 g/mol. The fourth-order valence-electron chi connectivity index (χ4n) is 0.931. The largest absolute Gasteiger partial charge is 0.478 e. The van der Waals surface area contributed by atoms with Crippen LogP contribution in [0.15, 0.2) is 6.07 Å². The number of hydrogen-bond acceptors (Lipinski definition) is 2. The third-order valence-corrected chi connectivity index (χ3v) is 2.05. The van der Waals surface area contributed by atoms with Crippen LogP contribution in [0.3, 0.4) is 0 Å². The van der Waals surface area contributed by atoms with Gasteiger partial charge in [0.05, 0.1) is 5.56 Å². The summed E-state index contributed by atoms with van der Waals surface area (Å²) in [6.45, 7) is 1.41. The van der Waals surface area contributed by atoms with E-state index in [4.69, 9.17) is 16.7 Å². The van der Waals surface area contributed by atoms with Crippen molar-refractivity contribution in [3.63, 3.8) is 0 Å². The summed E-state index contributed by atoms with van der Waals surface area (Å²) in [5.41, 5.74) is -0.693. The van der Waals surface area contributed by atoms with E-state index in [2.05, 4.69) is 4.98 Å². The van der Waals surface area contributed by atoms with Crippen molar-refractivity contribution in [2.24, 2.45) is 0 Å². The molecule has 0 aliphatic heterocycles. The lowest BCUT2D eigenvalue weighted by Gasteiger charge is -2.05. The molecule has 1 rings (SSSR count). The van der Waals surface area contributed by atoms with Gasteiger partial charge < -0.3 is 5.11 Å². The van der Waals surface area contributed by atoms with E-state index in [0.29, 0.717) is 0 Å². The van der Waals surface area contributed by atoms with Crippen molar-refractivity contribution < 1.29 is 18.7 Å².